The first kappa shape index (κ1) is 16.0. The lowest BCUT2D eigenvalue weighted by Gasteiger charge is -2.16. The molecule has 0 unspecified atom stereocenters. The number of rotatable bonds is 4. The van der Waals surface area contributed by atoms with Gasteiger partial charge in [-0.1, -0.05) is 41.4 Å². The van der Waals surface area contributed by atoms with Gasteiger partial charge in [0, 0.05) is 23.0 Å². The molecule has 0 saturated heterocycles. The molecule has 0 fully saturated rings. The van der Waals surface area contributed by atoms with Crippen LogP contribution in [0.3, 0.4) is 0 Å². The van der Waals surface area contributed by atoms with Crippen LogP contribution >= 0.6 is 27.5 Å². The first-order valence-corrected chi connectivity index (χ1v) is 7.87. The summed E-state index contributed by atoms with van der Waals surface area (Å²) in [5.41, 5.74) is 1.77. The molecule has 2 rings (SSSR count). The SMILES string of the molecule is CNc1nc(C(C)C)nc(Nc2cc(Br)ccc2Cl)c1C. The Morgan fingerprint density at radius 2 is 1.86 bits per heavy atom. The van der Waals surface area contributed by atoms with Crippen molar-refractivity contribution in [2.45, 2.75) is 26.7 Å². The van der Waals surface area contributed by atoms with Crippen LogP contribution in [-0.4, -0.2) is 17.0 Å². The van der Waals surface area contributed by atoms with Gasteiger partial charge < -0.3 is 10.6 Å². The van der Waals surface area contributed by atoms with Gasteiger partial charge in [-0.05, 0) is 25.1 Å². The average Bonchev–Trinajstić information content (AvgIpc) is 2.44. The number of halogens is 2. The van der Waals surface area contributed by atoms with Crippen molar-refractivity contribution in [1.82, 2.24) is 9.97 Å². The molecule has 0 spiro atoms. The molecule has 112 valence electrons. The van der Waals surface area contributed by atoms with Crippen molar-refractivity contribution in [2.24, 2.45) is 0 Å². The smallest absolute Gasteiger partial charge is 0.139 e. The van der Waals surface area contributed by atoms with E-state index in [9.17, 15) is 0 Å². The van der Waals surface area contributed by atoms with Crippen molar-refractivity contribution in [3.8, 4) is 0 Å². The van der Waals surface area contributed by atoms with Crippen molar-refractivity contribution in [3.63, 3.8) is 0 Å². The monoisotopic (exact) mass is 368 g/mol. The molecule has 2 N–H and O–H groups in total. The zero-order valence-electron chi connectivity index (χ0n) is 12.5. The van der Waals surface area contributed by atoms with E-state index in [4.69, 9.17) is 11.6 Å². The summed E-state index contributed by atoms with van der Waals surface area (Å²) in [5.74, 6) is 2.62. The highest BCUT2D eigenvalue weighted by molar-refractivity contribution is 9.10. The van der Waals surface area contributed by atoms with E-state index in [2.05, 4.69) is 50.4 Å². The number of anilines is 3. The van der Waals surface area contributed by atoms with Crippen LogP contribution in [0.4, 0.5) is 17.3 Å². The van der Waals surface area contributed by atoms with E-state index >= 15 is 0 Å². The van der Waals surface area contributed by atoms with Gasteiger partial charge in [0.25, 0.3) is 0 Å². The van der Waals surface area contributed by atoms with Crippen LogP contribution in [0, 0.1) is 6.92 Å². The highest BCUT2D eigenvalue weighted by atomic mass is 79.9. The Kier molecular flexibility index (Phi) is 5.06. The fraction of sp³-hybridized carbons (Fsp3) is 0.333. The summed E-state index contributed by atoms with van der Waals surface area (Å²) in [4.78, 5) is 9.14. The maximum absolute atomic E-state index is 6.23. The summed E-state index contributed by atoms with van der Waals surface area (Å²) in [6, 6.07) is 5.67. The highest BCUT2D eigenvalue weighted by Gasteiger charge is 2.13. The number of nitrogens with one attached hydrogen (secondary N) is 2. The summed E-state index contributed by atoms with van der Waals surface area (Å²) >= 11 is 9.68. The summed E-state index contributed by atoms with van der Waals surface area (Å²) in [7, 11) is 1.86. The van der Waals surface area contributed by atoms with E-state index in [1.165, 1.54) is 0 Å². The minimum absolute atomic E-state index is 0.247. The second-order valence-corrected chi connectivity index (χ2v) is 6.38. The zero-order valence-corrected chi connectivity index (χ0v) is 14.8. The first-order valence-electron chi connectivity index (χ1n) is 6.70. The Labute approximate surface area is 138 Å². The van der Waals surface area contributed by atoms with E-state index in [-0.39, 0.29) is 5.92 Å². The van der Waals surface area contributed by atoms with E-state index in [1.807, 2.05) is 32.2 Å². The predicted octanol–water partition coefficient (Wildman–Crippen LogP) is 5.11. The molecule has 0 radical (unpaired) electrons. The first-order chi connectivity index (χ1) is 9.92. The van der Waals surface area contributed by atoms with Gasteiger partial charge in [0.05, 0.1) is 10.7 Å². The summed E-state index contributed by atoms with van der Waals surface area (Å²) in [6.45, 7) is 6.12. The van der Waals surface area contributed by atoms with Crippen LogP contribution < -0.4 is 10.6 Å². The minimum atomic E-state index is 0.247. The van der Waals surface area contributed by atoms with Crippen LogP contribution in [0.15, 0.2) is 22.7 Å². The normalized spacial score (nSPS) is 10.8. The van der Waals surface area contributed by atoms with Crippen LogP contribution in [-0.2, 0) is 0 Å². The van der Waals surface area contributed by atoms with E-state index in [0.717, 1.165) is 33.2 Å². The molecule has 1 heterocycles. The van der Waals surface area contributed by atoms with Crippen molar-refractivity contribution in [1.29, 1.82) is 0 Å². The number of nitrogens with zero attached hydrogens (tertiary/aromatic N) is 2. The molecule has 21 heavy (non-hydrogen) atoms. The topological polar surface area (TPSA) is 49.8 Å². The Morgan fingerprint density at radius 3 is 2.48 bits per heavy atom. The van der Waals surface area contributed by atoms with Gasteiger partial charge in [-0.2, -0.15) is 0 Å². The van der Waals surface area contributed by atoms with Crippen molar-refractivity contribution >= 4 is 44.9 Å². The van der Waals surface area contributed by atoms with Gasteiger partial charge in [-0.15, -0.1) is 0 Å². The number of benzene rings is 1. The molecule has 1 aromatic heterocycles. The van der Waals surface area contributed by atoms with Gasteiger partial charge in [0.15, 0.2) is 0 Å². The Bertz CT molecular complexity index is 658. The van der Waals surface area contributed by atoms with Gasteiger partial charge >= 0.3 is 0 Å². The molecule has 0 bridgehead atoms. The van der Waals surface area contributed by atoms with E-state index < -0.39 is 0 Å². The average molecular weight is 370 g/mol. The third-order valence-corrected chi connectivity index (χ3v) is 3.92. The standard InChI is InChI=1S/C15H18BrClN4/c1-8(2)13-20-14(18-4)9(3)15(21-13)19-12-7-10(16)5-6-11(12)17/h5-8H,1-4H3,(H2,18,19,20,21). The fourth-order valence-electron chi connectivity index (χ4n) is 1.88. The van der Waals surface area contributed by atoms with Crippen molar-refractivity contribution < 1.29 is 0 Å². The van der Waals surface area contributed by atoms with Gasteiger partial charge in [-0.3, -0.25) is 0 Å². The Balaban J connectivity index is 2.47. The molecule has 4 nitrogen and oxygen atoms in total. The molecule has 0 amide bonds. The second kappa shape index (κ2) is 6.62. The van der Waals surface area contributed by atoms with Crippen LogP contribution in [0.2, 0.25) is 5.02 Å². The zero-order chi connectivity index (χ0) is 15.6. The fourth-order valence-corrected chi connectivity index (χ4v) is 2.40. The molecule has 0 atom stereocenters. The molecule has 6 heteroatoms. The molecule has 0 aliphatic rings. The van der Waals surface area contributed by atoms with E-state index in [1.54, 1.807) is 0 Å². The molecule has 0 aliphatic heterocycles. The van der Waals surface area contributed by atoms with Gasteiger partial charge in [0.1, 0.15) is 17.5 Å². The lowest BCUT2D eigenvalue weighted by molar-refractivity contribution is 0.775. The number of hydrogen-bond acceptors (Lipinski definition) is 4. The largest absolute Gasteiger partial charge is 0.373 e. The number of hydrogen-bond donors (Lipinski definition) is 2. The van der Waals surface area contributed by atoms with Gasteiger partial charge in [0.2, 0.25) is 0 Å². The highest BCUT2D eigenvalue weighted by Crippen LogP contribution is 2.31. The summed E-state index contributed by atoms with van der Waals surface area (Å²) in [6.07, 6.45) is 0. The maximum atomic E-state index is 6.23. The second-order valence-electron chi connectivity index (χ2n) is 5.06. The van der Waals surface area contributed by atoms with Crippen molar-refractivity contribution in [2.75, 3.05) is 17.7 Å². The Morgan fingerprint density at radius 1 is 1.19 bits per heavy atom. The molecular weight excluding hydrogens is 352 g/mol. The maximum Gasteiger partial charge on any atom is 0.139 e. The molecule has 0 aliphatic carbocycles. The lowest BCUT2D eigenvalue weighted by atomic mass is 10.2. The van der Waals surface area contributed by atoms with E-state index in [0.29, 0.717) is 5.02 Å². The van der Waals surface area contributed by atoms with Crippen LogP contribution in [0.1, 0.15) is 31.2 Å². The van der Waals surface area contributed by atoms with Crippen LogP contribution in [0.25, 0.3) is 0 Å². The minimum Gasteiger partial charge on any atom is -0.373 e. The number of aromatic nitrogens is 2. The molecule has 0 saturated carbocycles. The lowest BCUT2D eigenvalue weighted by Crippen LogP contribution is -2.08. The third-order valence-electron chi connectivity index (χ3n) is 3.10. The third kappa shape index (κ3) is 3.66. The van der Waals surface area contributed by atoms with Crippen molar-refractivity contribution in [3.05, 3.63) is 39.1 Å². The predicted molar refractivity (Wildman–Crippen MR) is 92.8 cm³/mol. The molecule has 1 aromatic carbocycles. The summed E-state index contributed by atoms with van der Waals surface area (Å²) in [5, 5.41) is 7.05. The van der Waals surface area contributed by atoms with Crippen LogP contribution in [0.5, 0.6) is 0 Å². The van der Waals surface area contributed by atoms with Gasteiger partial charge in [-0.25, -0.2) is 9.97 Å². The quantitative estimate of drug-likeness (QED) is 0.786. The molecular formula is C15H18BrClN4. The summed E-state index contributed by atoms with van der Waals surface area (Å²) < 4.78 is 0.957. The molecule has 2 aromatic rings. The Hall–Kier alpha value is -1.33.